The molecule has 0 aliphatic carbocycles. The van der Waals surface area contributed by atoms with Crippen molar-refractivity contribution in [3.8, 4) is 0 Å². The zero-order valence-electron chi connectivity index (χ0n) is 9.41. The summed E-state index contributed by atoms with van der Waals surface area (Å²) in [6.07, 6.45) is 0.225. The van der Waals surface area contributed by atoms with Gasteiger partial charge in [-0.05, 0) is 12.3 Å². The van der Waals surface area contributed by atoms with Crippen LogP contribution < -0.4 is 0 Å². The van der Waals surface area contributed by atoms with Gasteiger partial charge in [0.1, 0.15) is 6.10 Å². The van der Waals surface area contributed by atoms with Gasteiger partial charge in [-0.2, -0.15) is 0 Å². The molecule has 0 bridgehead atoms. The SMILES string of the molecule is CC(C)C[C@H](O)[C@@H]1OC(=O)CC1(C)C. The molecule has 1 aliphatic rings. The Morgan fingerprint density at radius 3 is 2.50 bits per heavy atom. The third kappa shape index (κ3) is 2.47. The standard InChI is InChI=1S/C11H20O3/c1-7(2)5-8(12)10-11(3,4)6-9(13)14-10/h7-8,10,12H,5-6H2,1-4H3/t8-,10-/m0/s1. The molecule has 0 unspecified atom stereocenters. The minimum absolute atomic E-state index is 0.192. The summed E-state index contributed by atoms with van der Waals surface area (Å²) < 4.78 is 5.15. The summed E-state index contributed by atoms with van der Waals surface area (Å²) in [7, 11) is 0. The second-order valence-corrected chi connectivity index (χ2v) is 5.27. The lowest BCUT2D eigenvalue weighted by Crippen LogP contribution is -2.37. The zero-order chi connectivity index (χ0) is 10.9. The predicted octanol–water partition coefficient (Wildman–Crippen LogP) is 1.74. The fraction of sp³-hybridized carbons (Fsp3) is 0.909. The number of carbonyl (C=O) groups excluding carboxylic acids is 1. The fourth-order valence-corrected chi connectivity index (χ4v) is 2.02. The van der Waals surface area contributed by atoms with Crippen molar-refractivity contribution in [2.75, 3.05) is 0 Å². The Morgan fingerprint density at radius 1 is 1.57 bits per heavy atom. The van der Waals surface area contributed by atoms with Gasteiger partial charge in [-0.15, -0.1) is 0 Å². The summed E-state index contributed by atoms with van der Waals surface area (Å²) in [5, 5.41) is 9.90. The molecule has 2 atom stereocenters. The molecule has 1 N–H and O–H groups in total. The number of aliphatic hydroxyl groups excluding tert-OH is 1. The van der Waals surface area contributed by atoms with E-state index in [2.05, 4.69) is 0 Å². The molecule has 82 valence electrons. The van der Waals surface area contributed by atoms with Crippen molar-refractivity contribution < 1.29 is 14.6 Å². The van der Waals surface area contributed by atoms with Gasteiger partial charge in [0.2, 0.25) is 0 Å². The molecule has 0 aromatic carbocycles. The van der Waals surface area contributed by atoms with Crippen molar-refractivity contribution >= 4 is 5.97 Å². The molecule has 1 rings (SSSR count). The third-order valence-electron chi connectivity index (χ3n) is 2.69. The second-order valence-electron chi connectivity index (χ2n) is 5.27. The highest BCUT2D eigenvalue weighted by Gasteiger charge is 2.45. The Bertz CT molecular complexity index is 221. The first-order chi connectivity index (χ1) is 6.33. The lowest BCUT2D eigenvalue weighted by molar-refractivity contribution is -0.147. The van der Waals surface area contributed by atoms with Crippen LogP contribution in [-0.4, -0.2) is 23.3 Å². The van der Waals surface area contributed by atoms with Crippen LogP contribution in [0.1, 0.15) is 40.5 Å². The van der Waals surface area contributed by atoms with E-state index in [-0.39, 0.29) is 17.5 Å². The van der Waals surface area contributed by atoms with Gasteiger partial charge in [-0.25, -0.2) is 0 Å². The fourth-order valence-electron chi connectivity index (χ4n) is 2.02. The van der Waals surface area contributed by atoms with Crippen molar-refractivity contribution in [1.29, 1.82) is 0 Å². The van der Waals surface area contributed by atoms with Gasteiger partial charge < -0.3 is 9.84 Å². The quantitative estimate of drug-likeness (QED) is 0.706. The smallest absolute Gasteiger partial charge is 0.306 e. The van der Waals surface area contributed by atoms with Gasteiger partial charge in [-0.1, -0.05) is 27.7 Å². The Labute approximate surface area is 85.5 Å². The van der Waals surface area contributed by atoms with Crippen molar-refractivity contribution in [1.82, 2.24) is 0 Å². The molecule has 1 fully saturated rings. The van der Waals surface area contributed by atoms with E-state index in [1.165, 1.54) is 0 Å². The first-order valence-electron chi connectivity index (χ1n) is 5.20. The Morgan fingerprint density at radius 2 is 2.14 bits per heavy atom. The summed E-state index contributed by atoms with van der Waals surface area (Å²) in [4.78, 5) is 11.1. The summed E-state index contributed by atoms with van der Waals surface area (Å²) in [5.74, 6) is 0.225. The number of carbonyl (C=O) groups is 1. The van der Waals surface area contributed by atoms with E-state index in [4.69, 9.17) is 4.74 Å². The van der Waals surface area contributed by atoms with Crippen LogP contribution in [0, 0.1) is 11.3 Å². The lowest BCUT2D eigenvalue weighted by atomic mass is 9.81. The number of ether oxygens (including phenoxy) is 1. The van der Waals surface area contributed by atoms with E-state index in [9.17, 15) is 9.90 Å². The Hall–Kier alpha value is -0.570. The van der Waals surface area contributed by atoms with Crippen LogP contribution in [0.25, 0.3) is 0 Å². The molecule has 0 spiro atoms. The molecule has 3 heteroatoms. The van der Waals surface area contributed by atoms with Gasteiger partial charge in [0.15, 0.2) is 0 Å². The average Bonchev–Trinajstić information content (AvgIpc) is 2.22. The van der Waals surface area contributed by atoms with Gasteiger partial charge in [0.05, 0.1) is 12.5 Å². The first-order valence-corrected chi connectivity index (χ1v) is 5.20. The molecular weight excluding hydrogens is 180 g/mol. The number of esters is 1. The van der Waals surface area contributed by atoms with Crippen LogP contribution in [0.15, 0.2) is 0 Å². The Kier molecular flexibility index (Phi) is 3.20. The Balaban J connectivity index is 2.63. The maximum absolute atomic E-state index is 11.1. The lowest BCUT2D eigenvalue weighted by Gasteiger charge is -2.28. The van der Waals surface area contributed by atoms with Crippen molar-refractivity contribution in [2.24, 2.45) is 11.3 Å². The molecule has 1 saturated heterocycles. The number of cyclic esters (lactones) is 1. The molecule has 0 radical (unpaired) electrons. The molecular formula is C11H20O3. The van der Waals surface area contributed by atoms with E-state index < -0.39 is 6.10 Å². The van der Waals surface area contributed by atoms with Crippen molar-refractivity contribution in [3.63, 3.8) is 0 Å². The summed E-state index contributed by atoms with van der Waals surface area (Å²) in [5.41, 5.74) is -0.231. The predicted molar refractivity (Wildman–Crippen MR) is 53.7 cm³/mol. The van der Waals surface area contributed by atoms with Crippen LogP contribution in [-0.2, 0) is 9.53 Å². The average molecular weight is 200 g/mol. The van der Waals surface area contributed by atoms with Crippen molar-refractivity contribution in [2.45, 2.75) is 52.7 Å². The van der Waals surface area contributed by atoms with Gasteiger partial charge in [-0.3, -0.25) is 4.79 Å². The summed E-state index contributed by atoms with van der Waals surface area (Å²) in [6, 6.07) is 0. The van der Waals surface area contributed by atoms with Crippen LogP contribution >= 0.6 is 0 Å². The minimum atomic E-state index is -0.531. The second kappa shape index (κ2) is 3.89. The van der Waals surface area contributed by atoms with E-state index in [0.717, 1.165) is 0 Å². The van der Waals surface area contributed by atoms with Crippen LogP contribution in [0.2, 0.25) is 0 Å². The number of hydrogen-bond acceptors (Lipinski definition) is 3. The highest BCUT2D eigenvalue weighted by Crippen LogP contribution is 2.37. The highest BCUT2D eigenvalue weighted by molar-refractivity contribution is 5.73. The highest BCUT2D eigenvalue weighted by atomic mass is 16.6. The normalized spacial score (nSPS) is 27.9. The monoisotopic (exact) mass is 200 g/mol. The van der Waals surface area contributed by atoms with Crippen molar-refractivity contribution in [3.05, 3.63) is 0 Å². The minimum Gasteiger partial charge on any atom is -0.459 e. The molecule has 1 heterocycles. The third-order valence-corrected chi connectivity index (χ3v) is 2.69. The van der Waals surface area contributed by atoms with Gasteiger partial charge in [0.25, 0.3) is 0 Å². The molecule has 0 aromatic rings. The van der Waals surface area contributed by atoms with Crippen LogP contribution in [0.4, 0.5) is 0 Å². The van der Waals surface area contributed by atoms with E-state index in [0.29, 0.717) is 18.8 Å². The van der Waals surface area contributed by atoms with E-state index in [1.54, 1.807) is 0 Å². The van der Waals surface area contributed by atoms with Crippen LogP contribution in [0.5, 0.6) is 0 Å². The molecule has 0 aromatic heterocycles. The molecule has 1 aliphatic heterocycles. The van der Waals surface area contributed by atoms with E-state index in [1.807, 2.05) is 27.7 Å². The van der Waals surface area contributed by atoms with Gasteiger partial charge in [0, 0.05) is 5.41 Å². The van der Waals surface area contributed by atoms with Gasteiger partial charge >= 0.3 is 5.97 Å². The summed E-state index contributed by atoms with van der Waals surface area (Å²) >= 11 is 0. The zero-order valence-corrected chi connectivity index (χ0v) is 9.41. The number of rotatable bonds is 3. The maximum atomic E-state index is 11.1. The largest absolute Gasteiger partial charge is 0.459 e. The first kappa shape index (κ1) is 11.5. The number of aliphatic hydroxyl groups is 1. The molecule has 0 saturated carbocycles. The maximum Gasteiger partial charge on any atom is 0.306 e. The number of hydrogen-bond donors (Lipinski definition) is 1. The molecule has 0 amide bonds. The topological polar surface area (TPSA) is 46.5 Å². The molecule has 14 heavy (non-hydrogen) atoms. The van der Waals surface area contributed by atoms with Crippen LogP contribution in [0.3, 0.4) is 0 Å². The van der Waals surface area contributed by atoms with E-state index >= 15 is 0 Å². The molecule has 3 nitrogen and oxygen atoms in total. The summed E-state index contributed by atoms with van der Waals surface area (Å²) in [6.45, 7) is 8.03.